The van der Waals surface area contributed by atoms with Crippen molar-refractivity contribution in [3.8, 4) is 0 Å². The molecule has 2 aromatic heterocycles. The van der Waals surface area contributed by atoms with Gasteiger partial charge in [0.05, 0.1) is 18.8 Å². The van der Waals surface area contributed by atoms with Crippen LogP contribution in [-0.4, -0.2) is 91.5 Å². The number of nitrogens with two attached hydrogens (primary N) is 3. The monoisotopic (exact) mass is 612 g/mol. The maximum atomic E-state index is 13.3. The fraction of sp³-hybridized carbons (Fsp3) is 0.370. The molecule has 17 nitrogen and oxygen atoms in total. The summed E-state index contributed by atoms with van der Waals surface area (Å²) in [6, 6.07) is 1.76. The summed E-state index contributed by atoms with van der Waals surface area (Å²) >= 11 is 0. The largest absolute Gasteiger partial charge is 0.481 e. The average Bonchev–Trinajstić information content (AvgIpc) is 3.63. The van der Waals surface area contributed by atoms with E-state index < -0.39 is 60.2 Å². The van der Waals surface area contributed by atoms with Crippen LogP contribution in [0.4, 0.5) is 0 Å². The molecule has 0 fully saturated rings. The van der Waals surface area contributed by atoms with Crippen molar-refractivity contribution in [2.24, 2.45) is 22.2 Å². The molecule has 13 N–H and O–H groups in total. The summed E-state index contributed by atoms with van der Waals surface area (Å²) in [4.78, 5) is 76.5. The maximum Gasteiger partial charge on any atom is 0.326 e. The van der Waals surface area contributed by atoms with Gasteiger partial charge in [-0.25, -0.2) is 9.78 Å². The second kappa shape index (κ2) is 15.7. The Morgan fingerprint density at radius 1 is 0.909 bits per heavy atom. The number of nitrogens with zero attached hydrogens (tertiary/aromatic N) is 2. The highest BCUT2D eigenvalue weighted by atomic mass is 16.4. The number of benzene rings is 1. The lowest BCUT2D eigenvalue weighted by Gasteiger charge is -2.24. The van der Waals surface area contributed by atoms with Gasteiger partial charge in [-0.2, -0.15) is 0 Å². The van der Waals surface area contributed by atoms with E-state index in [0.29, 0.717) is 11.3 Å². The molecule has 0 spiro atoms. The van der Waals surface area contributed by atoms with E-state index in [4.69, 9.17) is 17.2 Å². The first-order chi connectivity index (χ1) is 20.9. The number of aromatic amines is 2. The summed E-state index contributed by atoms with van der Waals surface area (Å²) in [6.45, 7) is 0.120. The number of imidazole rings is 1. The number of fused-ring (bicyclic) bond motifs is 1. The summed E-state index contributed by atoms with van der Waals surface area (Å²) < 4.78 is 0. The zero-order valence-electron chi connectivity index (χ0n) is 23.7. The lowest BCUT2D eigenvalue weighted by Crippen LogP contribution is -2.57. The van der Waals surface area contributed by atoms with Crippen molar-refractivity contribution in [1.82, 2.24) is 30.9 Å². The van der Waals surface area contributed by atoms with Crippen molar-refractivity contribution in [3.63, 3.8) is 0 Å². The highest BCUT2D eigenvalue weighted by molar-refractivity contribution is 5.96. The number of carboxylic acid groups (broad SMARTS) is 2. The topological polar surface area (TPSA) is 297 Å². The number of carboxylic acids is 2. The van der Waals surface area contributed by atoms with Crippen molar-refractivity contribution >= 4 is 46.5 Å². The van der Waals surface area contributed by atoms with Gasteiger partial charge in [-0.3, -0.25) is 24.2 Å². The van der Waals surface area contributed by atoms with Crippen LogP contribution in [0.2, 0.25) is 0 Å². The van der Waals surface area contributed by atoms with Gasteiger partial charge in [0, 0.05) is 48.4 Å². The molecular weight excluding hydrogens is 576 g/mol. The fourth-order valence-corrected chi connectivity index (χ4v) is 4.43. The highest BCUT2D eigenvalue weighted by Gasteiger charge is 2.32. The molecule has 0 bridgehead atoms. The molecule has 0 saturated carbocycles. The standard InChI is InChI=1S/C27H36N10O7/c28-17(9-15-12-31-13-34-15)23(40)35-19(6-3-7-32-27(29)30)24(41)36-20(10-22(38)39)25(42)37-21(26(43)44)8-14-11-33-18-5-2-1-4-16(14)18/h1-2,4-5,11-13,17,19-21,33H,3,6-10,28H2,(H,31,34)(H,35,40)(H,36,41)(H,37,42)(H,38,39)(H,43,44)(H4,29,30,32). The van der Waals surface area contributed by atoms with Crippen LogP contribution < -0.4 is 33.2 Å². The molecule has 4 atom stereocenters. The van der Waals surface area contributed by atoms with E-state index in [9.17, 15) is 34.2 Å². The van der Waals surface area contributed by atoms with Gasteiger partial charge in [0.1, 0.15) is 18.1 Å². The summed E-state index contributed by atoms with van der Waals surface area (Å²) in [5.41, 5.74) is 18.6. The number of aliphatic carboxylic acids is 2. The van der Waals surface area contributed by atoms with Crippen molar-refractivity contribution in [1.29, 1.82) is 0 Å². The summed E-state index contributed by atoms with van der Waals surface area (Å²) in [5, 5.41) is 27.2. The van der Waals surface area contributed by atoms with Gasteiger partial charge in [0.2, 0.25) is 17.7 Å². The number of hydrogen-bond donors (Lipinski definition) is 10. The molecule has 0 aliphatic rings. The zero-order chi connectivity index (χ0) is 32.2. The SMILES string of the molecule is NC(N)=NCCCC(NC(=O)C(N)Cc1cnc[nH]1)C(=O)NC(CC(=O)O)C(=O)NC(Cc1c[nH]c2ccccc12)C(=O)O. The van der Waals surface area contributed by atoms with Crippen LogP contribution in [0, 0.1) is 0 Å². The Balaban J connectivity index is 1.73. The highest BCUT2D eigenvalue weighted by Crippen LogP contribution is 2.19. The van der Waals surface area contributed by atoms with Crippen LogP contribution in [0.25, 0.3) is 10.9 Å². The summed E-state index contributed by atoms with van der Waals surface area (Å²) in [6.07, 6.45) is 3.88. The molecule has 0 aliphatic carbocycles. The molecule has 0 radical (unpaired) electrons. The number of H-pyrrole nitrogens is 2. The Kier molecular flexibility index (Phi) is 11.8. The van der Waals surface area contributed by atoms with Crippen molar-refractivity contribution in [2.75, 3.05) is 6.54 Å². The first-order valence-electron chi connectivity index (χ1n) is 13.6. The second-order valence-electron chi connectivity index (χ2n) is 10.0. The first-order valence-corrected chi connectivity index (χ1v) is 13.6. The number of hydrogen-bond acceptors (Lipinski definition) is 8. The lowest BCUT2D eigenvalue weighted by molar-refractivity contribution is -0.143. The third-order valence-corrected chi connectivity index (χ3v) is 6.63. The molecule has 17 heteroatoms. The van der Waals surface area contributed by atoms with Crippen LogP contribution in [0.3, 0.4) is 0 Å². The number of carbonyl (C=O) groups excluding carboxylic acids is 3. The van der Waals surface area contributed by atoms with E-state index in [-0.39, 0.29) is 38.2 Å². The molecule has 4 unspecified atom stereocenters. The van der Waals surface area contributed by atoms with Gasteiger partial charge < -0.3 is 53.3 Å². The predicted molar refractivity (Wildman–Crippen MR) is 158 cm³/mol. The average molecular weight is 613 g/mol. The zero-order valence-corrected chi connectivity index (χ0v) is 23.7. The van der Waals surface area contributed by atoms with Gasteiger partial charge in [0.25, 0.3) is 0 Å². The minimum Gasteiger partial charge on any atom is -0.481 e. The first kappa shape index (κ1) is 33.1. The number of aliphatic imine (C=N–C) groups is 1. The van der Waals surface area contributed by atoms with Gasteiger partial charge in [-0.05, 0) is 24.5 Å². The Labute approximate surface area is 251 Å². The fourth-order valence-electron chi connectivity index (χ4n) is 4.43. The molecule has 3 amide bonds. The quantitative estimate of drug-likeness (QED) is 0.0455. The number of carbonyl (C=O) groups is 5. The Morgan fingerprint density at radius 3 is 2.25 bits per heavy atom. The van der Waals surface area contributed by atoms with Crippen molar-refractivity contribution < 1.29 is 34.2 Å². The molecule has 0 saturated heterocycles. The van der Waals surface area contributed by atoms with Crippen molar-refractivity contribution in [3.05, 3.63) is 54.2 Å². The van der Waals surface area contributed by atoms with Gasteiger partial charge in [0.15, 0.2) is 5.96 Å². The van der Waals surface area contributed by atoms with Crippen LogP contribution in [-0.2, 0) is 36.8 Å². The normalized spacial score (nSPS) is 13.7. The third kappa shape index (κ3) is 9.83. The third-order valence-electron chi connectivity index (χ3n) is 6.63. The van der Waals surface area contributed by atoms with Crippen LogP contribution in [0.5, 0.6) is 0 Å². The van der Waals surface area contributed by atoms with Crippen molar-refractivity contribution in [2.45, 2.75) is 56.3 Å². The smallest absolute Gasteiger partial charge is 0.326 e. The molecule has 2 heterocycles. The maximum absolute atomic E-state index is 13.3. The Hall–Kier alpha value is -5.45. The number of rotatable bonds is 17. The van der Waals surface area contributed by atoms with E-state index in [1.54, 1.807) is 18.3 Å². The molecule has 1 aromatic carbocycles. The predicted octanol–water partition coefficient (Wildman–Crippen LogP) is -1.93. The molecular formula is C27H36N10O7. The summed E-state index contributed by atoms with van der Waals surface area (Å²) in [7, 11) is 0. The number of aromatic nitrogens is 3. The van der Waals surface area contributed by atoms with Gasteiger partial charge >= 0.3 is 11.9 Å². The van der Waals surface area contributed by atoms with Crippen LogP contribution in [0.15, 0.2) is 48.0 Å². The number of nitrogens with one attached hydrogen (secondary N) is 5. The van der Waals surface area contributed by atoms with Crippen LogP contribution in [0.1, 0.15) is 30.5 Å². The number of amides is 3. The Morgan fingerprint density at radius 2 is 1.59 bits per heavy atom. The van der Waals surface area contributed by atoms with E-state index in [0.717, 1.165) is 10.9 Å². The number of para-hydroxylation sites is 1. The van der Waals surface area contributed by atoms with E-state index in [1.165, 1.54) is 12.5 Å². The molecule has 0 aliphatic heterocycles. The van der Waals surface area contributed by atoms with E-state index >= 15 is 0 Å². The van der Waals surface area contributed by atoms with E-state index in [1.807, 2.05) is 12.1 Å². The Bertz CT molecular complexity index is 1480. The number of guanidine groups is 1. The molecule has 3 aromatic rings. The molecule has 3 rings (SSSR count). The summed E-state index contributed by atoms with van der Waals surface area (Å²) in [5.74, 6) is -5.57. The van der Waals surface area contributed by atoms with Crippen LogP contribution >= 0.6 is 0 Å². The van der Waals surface area contributed by atoms with Gasteiger partial charge in [-0.15, -0.1) is 0 Å². The second-order valence-corrected chi connectivity index (χ2v) is 10.0. The minimum atomic E-state index is -1.67. The van der Waals surface area contributed by atoms with E-state index in [2.05, 4.69) is 35.9 Å². The minimum absolute atomic E-state index is 0.00482. The van der Waals surface area contributed by atoms with Gasteiger partial charge in [-0.1, -0.05) is 18.2 Å². The molecule has 44 heavy (non-hydrogen) atoms. The lowest BCUT2D eigenvalue weighted by atomic mass is 10.0. The molecule has 236 valence electrons.